The largest absolute Gasteiger partial charge is 0.312 e. The summed E-state index contributed by atoms with van der Waals surface area (Å²) in [6.45, 7) is 6.32. The molecular weight excluding hydrogens is 287 g/mol. The molecule has 1 atom stereocenters. The number of halogens is 3. The Balaban J connectivity index is 0.00000128. The molecule has 0 unspecified atom stereocenters. The summed E-state index contributed by atoms with van der Waals surface area (Å²) in [6.07, 6.45) is 0. The zero-order valence-corrected chi connectivity index (χ0v) is 12.1. The van der Waals surface area contributed by atoms with E-state index in [9.17, 15) is 0 Å². The van der Waals surface area contributed by atoms with Gasteiger partial charge in [0.25, 0.3) is 0 Å². The van der Waals surface area contributed by atoms with Gasteiger partial charge in [0.05, 0.1) is 5.02 Å². The van der Waals surface area contributed by atoms with Crippen LogP contribution in [0.5, 0.6) is 0 Å². The highest BCUT2D eigenvalue weighted by Crippen LogP contribution is 2.33. The predicted octanol–water partition coefficient (Wildman–Crippen LogP) is 3.27. The molecule has 2 nitrogen and oxygen atoms in total. The van der Waals surface area contributed by atoms with Crippen molar-refractivity contribution in [3.8, 4) is 0 Å². The highest BCUT2D eigenvalue weighted by atomic mass is 35.5. The quantitative estimate of drug-likeness (QED) is 0.902. The summed E-state index contributed by atoms with van der Waals surface area (Å²) in [4.78, 5) is 2.41. The van der Waals surface area contributed by atoms with Gasteiger partial charge in [-0.25, -0.2) is 0 Å². The minimum atomic E-state index is 0. The average Bonchev–Trinajstić information content (AvgIpc) is 2.50. The molecule has 1 N–H and O–H groups in total. The first-order chi connectivity index (χ1) is 7.16. The van der Waals surface area contributed by atoms with E-state index in [4.69, 9.17) is 23.2 Å². The maximum absolute atomic E-state index is 6.10. The van der Waals surface area contributed by atoms with Crippen molar-refractivity contribution in [3.05, 3.63) is 20.3 Å². The van der Waals surface area contributed by atoms with Crippen molar-refractivity contribution < 1.29 is 0 Å². The predicted molar refractivity (Wildman–Crippen MR) is 74.3 cm³/mol. The van der Waals surface area contributed by atoms with Crippen LogP contribution in [-0.2, 0) is 6.54 Å². The van der Waals surface area contributed by atoms with Crippen LogP contribution >= 0.6 is 46.9 Å². The Morgan fingerprint density at radius 1 is 1.56 bits per heavy atom. The molecule has 1 fully saturated rings. The number of piperazine rings is 1. The lowest BCUT2D eigenvalue weighted by atomic mass is 10.2. The van der Waals surface area contributed by atoms with Crippen molar-refractivity contribution in [1.29, 1.82) is 0 Å². The number of rotatable bonds is 2. The third-order valence-electron chi connectivity index (χ3n) is 2.61. The maximum atomic E-state index is 6.10. The van der Waals surface area contributed by atoms with Crippen LogP contribution in [0.2, 0.25) is 9.36 Å². The van der Waals surface area contributed by atoms with Crippen LogP contribution in [0.1, 0.15) is 12.5 Å². The van der Waals surface area contributed by atoms with Gasteiger partial charge in [0, 0.05) is 32.2 Å². The van der Waals surface area contributed by atoms with E-state index in [0.717, 1.165) is 36.8 Å². The maximum Gasteiger partial charge on any atom is 0.112 e. The molecule has 0 saturated carbocycles. The van der Waals surface area contributed by atoms with Crippen LogP contribution in [0.25, 0.3) is 0 Å². The molecule has 2 heterocycles. The van der Waals surface area contributed by atoms with Crippen molar-refractivity contribution in [2.45, 2.75) is 19.5 Å². The first-order valence-corrected chi connectivity index (χ1v) is 6.67. The number of hydrogen-bond acceptors (Lipinski definition) is 3. The van der Waals surface area contributed by atoms with E-state index >= 15 is 0 Å². The fourth-order valence-electron chi connectivity index (χ4n) is 1.86. The van der Waals surface area contributed by atoms with Crippen molar-refractivity contribution in [2.75, 3.05) is 19.6 Å². The molecule has 0 bridgehead atoms. The Hall–Kier alpha value is 0.490. The topological polar surface area (TPSA) is 15.3 Å². The molecule has 1 aliphatic rings. The molecule has 1 aromatic rings. The molecule has 1 aromatic heterocycles. The summed E-state index contributed by atoms with van der Waals surface area (Å²) in [5.74, 6) is 0. The van der Waals surface area contributed by atoms with Gasteiger partial charge in [-0.2, -0.15) is 0 Å². The first kappa shape index (κ1) is 14.6. The molecule has 0 spiro atoms. The van der Waals surface area contributed by atoms with E-state index in [1.54, 1.807) is 0 Å². The van der Waals surface area contributed by atoms with E-state index in [1.807, 2.05) is 0 Å². The second-order valence-electron chi connectivity index (χ2n) is 3.94. The third-order valence-corrected chi connectivity index (χ3v) is 4.52. The molecule has 16 heavy (non-hydrogen) atoms. The molecule has 2 rings (SSSR count). The molecule has 1 saturated heterocycles. The summed E-state index contributed by atoms with van der Waals surface area (Å²) in [5.41, 5.74) is 1.15. The van der Waals surface area contributed by atoms with Crippen molar-refractivity contribution >= 4 is 46.9 Å². The molecule has 0 amide bonds. The van der Waals surface area contributed by atoms with Crippen LogP contribution in [-0.4, -0.2) is 30.6 Å². The van der Waals surface area contributed by atoms with E-state index in [-0.39, 0.29) is 12.4 Å². The van der Waals surface area contributed by atoms with Gasteiger partial charge in [-0.15, -0.1) is 23.7 Å². The standard InChI is InChI=1S/C10H14Cl2N2S.ClH/c1-7-4-14(3-2-13-7)5-8-6-15-10(12)9(8)11;/h6-7,13H,2-5H2,1H3;1H/t7-;/m1./s1. The fraction of sp³-hybridized carbons (Fsp3) is 0.600. The minimum absolute atomic E-state index is 0. The third kappa shape index (κ3) is 3.49. The van der Waals surface area contributed by atoms with Gasteiger partial charge in [0.15, 0.2) is 0 Å². The number of hydrogen-bond donors (Lipinski definition) is 1. The summed E-state index contributed by atoms with van der Waals surface area (Å²) in [6, 6.07) is 0.562. The number of nitrogens with zero attached hydrogens (tertiary/aromatic N) is 1. The van der Waals surface area contributed by atoms with Gasteiger partial charge < -0.3 is 5.32 Å². The molecule has 0 aromatic carbocycles. The molecule has 0 aliphatic carbocycles. The van der Waals surface area contributed by atoms with Crippen molar-refractivity contribution in [2.24, 2.45) is 0 Å². The highest BCUT2D eigenvalue weighted by molar-refractivity contribution is 7.15. The van der Waals surface area contributed by atoms with Crippen LogP contribution in [0.3, 0.4) is 0 Å². The normalized spacial score (nSPS) is 21.8. The molecule has 1 aliphatic heterocycles. The van der Waals surface area contributed by atoms with Crippen LogP contribution in [0.15, 0.2) is 5.38 Å². The molecule has 92 valence electrons. The van der Waals surface area contributed by atoms with Crippen molar-refractivity contribution in [3.63, 3.8) is 0 Å². The van der Waals surface area contributed by atoms with Crippen LogP contribution in [0.4, 0.5) is 0 Å². The van der Waals surface area contributed by atoms with Gasteiger partial charge >= 0.3 is 0 Å². The van der Waals surface area contributed by atoms with Gasteiger partial charge in [0.2, 0.25) is 0 Å². The zero-order chi connectivity index (χ0) is 10.8. The molecule has 6 heteroatoms. The molecule has 0 radical (unpaired) electrons. The van der Waals surface area contributed by atoms with Gasteiger partial charge in [-0.3, -0.25) is 4.90 Å². The summed E-state index contributed by atoms with van der Waals surface area (Å²) in [7, 11) is 0. The second kappa shape index (κ2) is 6.43. The Morgan fingerprint density at radius 3 is 2.88 bits per heavy atom. The lowest BCUT2D eigenvalue weighted by Crippen LogP contribution is -2.48. The molecular formula is C10H15Cl3N2S. The van der Waals surface area contributed by atoms with E-state index in [2.05, 4.69) is 22.5 Å². The second-order valence-corrected chi connectivity index (χ2v) is 5.80. The monoisotopic (exact) mass is 300 g/mol. The zero-order valence-electron chi connectivity index (χ0n) is 9.00. The van der Waals surface area contributed by atoms with Crippen LogP contribution < -0.4 is 5.32 Å². The first-order valence-electron chi connectivity index (χ1n) is 5.04. The Morgan fingerprint density at radius 2 is 2.31 bits per heavy atom. The summed E-state index contributed by atoms with van der Waals surface area (Å²) in [5, 5.41) is 6.20. The Labute approximate surface area is 116 Å². The highest BCUT2D eigenvalue weighted by Gasteiger charge is 2.17. The summed E-state index contributed by atoms with van der Waals surface area (Å²) >= 11 is 13.5. The van der Waals surface area contributed by atoms with Crippen molar-refractivity contribution in [1.82, 2.24) is 10.2 Å². The van der Waals surface area contributed by atoms with E-state index in [1.165, 1.54) is 11.3 Å². The Kier molecular flexibility index (Phi) is 5.85. The lowest BCUT2D eigenvalue weighted by molar-refractivity contribution is 0.200. The average molecular weight is 302 g/mol. The lowest BCUT2D eigenvalue weighted by Gasteiger charge is -2.31. The van der Waals surface area contributed by atoms with Gasteiger partial charge in [-0.1, -0.05) is 23.2 Å². The number of nitrogens with one attached hydrogen (secondary N) is 1. The van der Waals surface area contributed by atoms with Gasteiger partial charge in [0.1, 0.15) is 4.34 Å². The summed E-state index contributed by atoms with van der Waals surface area (Å²) < 4.78 is 0.704. The van der Waals surface area contributed by atoms with Gasteiger partial charge in [-0.05, 0) is 17.9 Å². The van der Waals surface area contributed by atoms with E-state index in [0.29, 0.717) is 10.4 Å². The fourth-order valence-corrected chi connectivity index (χ4v) is 3.10. The Bertz CT molecular complexity index is 343. The minimum Gasteiger partial charge on any atom is -0.312 e. The SMILES string of the molecule is C[C@@H]1CN(Cc2csc(Cl)c2Cl)CCN1.Cl. The number of thiophene rings is 1. The van der Waals surface area contributed by atoms with E-state index < -0.39 is 0 Å². The van der Waals surface area contributed by atoms with Crippen LogP contribution in [0, 0.1) is 0 Å². The smallest absolute Gasteiger partial charge is 0.112 e.